The number of anilines is 1. The van der Waals surface area contributed by atoms with Crippen molar-refractivity contribution < 1.29 is 4.79 Å². The Bertz CT molecular complexity index is 1050. The average molecular weight is 343 g/mol. The Labute approximate surface area is 150 Å². The number of primary amides is 1. The lowest BCUT2D eigenvalue weighted by Gasteiger charge is -2.08. The molecule has 0 aliphatic carbocycles. The van der Waals surface area contributed by atoms with Crippen LogP contribution in [-0.2, 0) is 6.54 Å². The summed E-state index contributed by atoms with van der Waals surface area (Å²) in [5.74, 6) is -0.416. The molecule has 0 spiro atoms. The summed E-state index contributed by atoms with van der Waals surface area (Å²) < 4.78 is 1.82. The van der Waals surface area contributed by atoms with E-state index in [2.05, 4.69) is 15.6 Å². The Kier molecular flexibility index (Phi) is 4.07. The zero-order valence-corrected chi connectivity index (χ0v) is 14.0. The van der Waals surface area contributed by atoms with E-state index in [1.54, 1.807) is 12.1 Å². The van der Waals surface area contributed by atoms with Crippen LogP contribution in [-0.4, -0.2) is 20.9 Å². The molecule has 3 N–H and O–H groups in total. The molecule has 6 heteroatoms. The van der Waals surface area contributed by atoms with Crippen LogP contribution in [0.3, 0.4) is 0 Å². The van der Waals surface area contributed by atoms with Crippen molar-refractivity contribution in [2.75, 3.05) is 5.32 Å². The van der Waals surface area contributed by atoms with Gasteiger partial charge in [0.2, 0.25) is 5.91 Å². The number of para-hydroxylation sites is 1. The monoisotopic (exact) mass is 343 g/mol. The van der Waals surface area contributed by atoms with Crippen LogP contribution in [0, 0.1) is 0 Å². The SMILES string of the molecule is NC(=O)c1ccc(CNc2ccc(-n3nnc4ccccc43)cc2)cc1. The zero-order chi connectivity index (χ0) is 17.9. The molecule has 6 nitrogen and oxygen atoms in total. The molecule has 0 aliphatic rings. The van der Waals surface area contributed by atoms with Crippen molar-refractivity contribution in [1.82, 2.24) is 15.0 Å². The molecule has 128 valence electrons. The van der Waals surface area contributed by atoms with E-state index in [4.69, 9.17) is 5.73 Å². The fourth-order valence-corrected chi connectivity index (χ4v) is 2.77. The molecule has 3 aromatic carbocycles. The van der Waals surface area contributed by atoms with Gasteiger partial charge in [-0.1, -0.05) is 29.5 Å². The van der Waals surface area contributed by atoms with Crippen LogP contribution in [0.1, 0.15) is 15.9 Å². The second-order valence-corrected chi connectivity index (χ2v) is 5.95. The highest BCUT2D eigenvalue weighted by molar-refractivity contribution is 5.92. The number of carbonyl (C=O) groups excluding carboxylic acids is 1. The Balaban J connectivity index is 1.47. The molecule has 1 aromatic heterocycles. The van der Waals surface area contributed by atoms with Gasteiger partial charge in [0.25, 0.3) is 0 Å². The minimum atomic E-state index is -0.416. The van der Waals surface area contributed by atoms with E-state index in [-0.39, 0.29) is 0 Å². The van der Waals surface area contributed by atoms with Crippen LogP contribution >= 0.6 is 0 Å². The highest BCUT2D eigenvalue weighted by atomic mass is 16.1. The van der Waals surface area contributed by atoms with Crippen LogP contribution < -0.4 is 11.1 Å². The van der Waals surface area contributed by atoms with Crippen molar-refractivity contribution in [1.29, 1.82) is 0 Å². The topological polar surface area (TPSA) is 85.8 Å². The maximum atomic E-state index is 11.1. The van der Waals surface area contributed by atoms with E-state index in [0.29, 0.717) is 12.1 Å². The van der Waals surface area contributed by atoms with E-state index in [1.807, 2.05) is 65.3 Å². The zero-order valence-electron chi connectivity index (χ0n) is 14.0. The van der Waals surface area contributed by atoms with Gasteiger partial charge in [-0.15, -0.1) is 5.10 Å². The number of nitrogens with two attached hydrogens (primary N) is 1. The number of nitrogens with zero attached hydrogens (tertiary/aromatic N) is 3. The average Bonchev–Trinajstić information content (AvgIpc) is 3.11. The minimum absolute atomic E-state index is 0.416. The highest BCUT2D eigenvalue weighted by Gasteiger charge is 2.05. The molecule has 0 saturated carbocycles. The summed E-state index contributed by atoms with van der Waals surface area (Å²) in [5.41, 5.74) is 10.6. The normalized spacial score (nSPS) is 10.8. The van der Waals surface area contributed by atoms with Gasteiger partial charge in [-0.2, -0.15) is 0 Å². The van der Waals surface area contributed by atoms with Crippen molar-refractivity contribution >= 4 is 22.6 Å². The number of fused-ring (bicyclic) bond motifs is 1. The number of aromatic nitrogens is 3. The van der Waals surface area contributed by atoms with Gasteiger partial charge in [-0.3, -0.25) is 4.79 Å². The maximum absolute atomic E-state index is 11.1. The fourth-order valence-electron chi connectivity index (χ4n) is 2.77. The summed E-state index contributed by atoms with van der Waals surface area (Å²) in [6.07, 6.45) is 0. The minimum Gasteiger partial charge on any atom is -0.381 e. The lowest BCUT2D eigenvalue weighted by Crippen LogP contribution is -2.10. The van der Waals surface area contributed by atoms with E-state index < -0.39 is 5.91 Å². The predicted molar refractivity (Wildman–Crippen MR) is 101 cm³/mol. The van der Waals surface area contributed by atoms with Crippen LogP contribution in [0.4, 0.5) is 5.69 Å². The largest absolute Gasteiger partial charge is 0.381 e. The number of hydrogen-bond acceptors (Lipinski definition) is 4. The molecule has 0 radical (unpaired) electrons. The van der Waals surface area contributed by atoms with Crippen molar-refractivity contribution in [2.24, 2.45) is 5.73 Å². The third kappa shape index (κ3) is 3.12. The van der Waals surface area contributed by atoms with Gasteiger partial charge in [0.15, 0.2) is 0 Å². The van der Waals surface area contributed by atoms with Gasteiger partial charge in [0, 0.05) is 17.8 Å². The number of carbonyl (C=O) groups is 1. The Morgan fingerprint density at radius 2 is 1.69 bits per heavy atom. The fraction of sp³-hybridized carbons (Fsp3) is 0.0500. The quantitative estimate of drug-likeness (QED) is 0.583. The van der Waals surface area contributed by atoms with E-state index in [0.717, 1.165) is 28.0 Å². The van der Waals surface area contributed by atoms with Crippen molar-refractivity contribution in [3.63, 3.8) is 0 Å². The summed E-state index contributed by atoms with van der Waals surface area (Å²) in [6, 6.07) is 23.1. The van der Waals surface area contributed by atoms with E-state index in [9.17, 15) is 4.79 Å². The number of hydrogen-bond donors (Lipinski definition) is 2. The molecule has 0 unspecified atom stereocenters. The molecule has 1 heterocycles. The number of nitrogens with one attached hydrogen (secondary N) is 1. The summed E-state index contributed by atoms with van der Waals surface area (Å²) >= 11 is 0. The van der Waals surface area contributed by atoms with Crippen molar-refractivity contribution in [2.45, 2.75) is 6.54 Å². The van der Waals surface area contributed by atoms with Gasteiger partial charge in [0.05, 0.1) is 11.2 Å². The molecular formula is C20H17N5O. The molecule has 1 amide bonds. The molecule has 0 aliphatic heterocycles. The molecule has 4 aromatic rings. The lowest BCUT2D eigenvalue weighted by atomic mass is 10.1. The summed E-state index contributed by atoms with van der Waals surface area (Å²) in [4.78, 5) is 11.1. The molecule has 4 rings (SSSR count). The Morgan fingerprint density at radius 1 is 0.962 bits per heavy atom. The van der Waals surface area contributed by atoms with E-state index in [1.165, 1.54) is 0 Å². The number of benzene rings is 3. The second kappa shape index (κ2) is 6.68. The van der Waals surface area contributed by atoms with Gasteiger partial charge < -0.3 is 11.1 Å². The molecule has 0 bridgehead atoms. The highest BCUT2D eigenvalue weighted by Crippen LogP contribution is 2.18. The molecule has 26 heavy (non-hydrogen) atoms. The Morgan fingerprint density at radius 3 is 2.42 bits per heavy atom. The van der Waals surface area contributed by atoms with Crippen molar-refractivity contribution in [3.05, 3.63) is 83.9 Å². The first kappa shape index (κ1) is 15.8. The number of amides is 1. The van der Waals surface area contributed by atoms with E-state index >= 15 is 0 Å². The van der Waals surface area contributed by atoms with Gasteiger partial charge in [0.1, 0.15) is 5.52 Å². The summed E-state index contributed by atoms with van der Waals surface area (Å²) in [6.45, 7) is 0.657. The maximum Gasteiger partial charge on any atom is 0.248 e. The van der Waals surface area contributed by atoms with Gasteiger partial charge >= 0.3 is 0 Å². The first-order valence-electron chi connectivity index (χ1n) is 8.24. The molecule has 0 fully saturated rings. The van der Waals surface area contributed by atoms with Gasteiger partial charge in [-0.05, 0) is 54.1 Å². The molecule has 0 saturated heterocycles. The molecular weight excluding hydrogens is 326 g/mol. The van der Waals surface area contributed by atoms with Crippen LogP contribution in [0.15, 0.2) is 72.8 Å². The van der Waals surface area contributed by atoms with Crippen molar-refractivity contribution in [3.8, 4) is 5.69 Å². The predicted octanol–water partition coefficient (Wildman–Crippen LogP) is 3.13. The third-order valence-electron chi connectivity index (χ3n) is 4.20. The van der Waals surface area contributed by atoms with Gasteiger partial charge in [-0.25, -0.2) is 4.68 Å². The smallest absolute Gasteiger partial charge is 0.248 e. The molecule has 0 atom stereocenters. The standard InChI is InChI=1S/C20H17N5O/c21-20(26)15-7-5-14(6-8-15)13-22-16-9-11-17(12-10-16)25-19-4-2-1-3-18(19)23-24-25/h1-12,22H,13H2,(H2,21,26). The van der Waals surface area contributed by atoms with Crippen LogP contribution in [0.25, 0.3) is 16.7 Å². The summed E-state index contributed by atoms with van der Waals surface area (Å²) in [5, 5.41) is 11.8. The number of rotatable bonds is 5. The first-order chi connectivity index (χ1) is 12.7. The van der Waals surface area contributed by atoms with Crippen LogP contribution in [0.2, 0.25) is 0 Å². The second-order valence-electron chi connectivity index (χ2n) is 5.95. The van der Waals surface area contributed by atoms with Crippen LogP contribution in [0.5, 0.6) is 0 Å². The summed E-state index contributed by atoms with van der Waals surface area (Å²) in [7, 11) is 0. The lowest BCUT2D eigenvalue weighted by molar-refractivity contribution is 0.100. The Hall–Kier alpha value is -3.67. The third-order valence-corrected chi connectivity index (χ3v) is 4.20. The first-order valence-corrected chi connectivity index (χ1v) is 8.24.